The predicted molar refractivity (Wildman–Crippen MR) is 72.5 cm³/mol. The van der Waals surface area contributed by atoms with Crippen LogP contribution in [-0.4, -0.2) is 35.3 Å². The molecule has 0 aliphatic heterocycles. The highest BCUT2D eigenvalue weighted by atomic mass is 16.4. The van der Waals surface area contributed by atoms with E-state index in [1.54, 1.807) is 37.5 Å². The maximum atomic E-state index is 12.6. The van der Waals surface area contributed by atoms with Crippen molar-refractivity contribution in [3.05, 3.63) is 46.9 Å². The van der Waals surface area contributed by atoms with Gasteiger partial charge in [0, 0.05) is 18.5 Å². The smallest absolute Gasteiger partial charge is 0.405 e. The molecule has 0 aromatic carbocycles. The van der Waals surface area contributed by atoms with E-state index in [1.165, 1.54) is 8.97 Å². The lowest BCUT2D eigenvalue weighted by Gasteiger charge is -2.16. The topological polar surface area (TPSA) is 117 Å². The molecule has 0 aliphatic rings. The minimum atomic E-state index is -1.19. The van der Waals surface area contributed by atoms with Crippen molar-refractivity contribution >= 4 is 11.7 Å². The summed E-state index contributed by atoms with van der Waals surface area (Å²) in [7, 11) is 0. The summed E-state index contributed by atoms with van der Waals surface area (Å²) < 4.78 is 2.63. The fraction of sp³-hybridized carbons (Fsp3) is 0.167. The number of carboxylic acid groups (broad SMARTS) is 1. The van der Waals surface area contributed by atoms with Crippen molar-refractivity contribution in [1.82, 2.24) is 29.5 Å². The average molecular weight is 288 g/mol. The quantitative estimate of drug-likeness (QED) is 0.650. The van der Waals surface area contributed by atoms with Crippen LogP contribution in [0.25, 0.3) is 11.5 Å². The molecule has 3 heterocycles. The second-order valence-corrected chi connectivity index (χ2v) is 4.43. The molecule has 1 unspecified atom stereocenters. The van der Waals surface area contributed by atoms with Crippen LogP contribution in [0, 0.1) is 0 Å². The second-order valence-electron chi connectivity index (χ2n) is 4.43. The lowest BCUT2D eigenvalue weighted by atomic mass is 10.3. The maximum absolute atomic E-state index is 12.6. The zero-order valence-electron chi connectivity index (χ0n) is 11.0. The number of H-pyrrole nitrogens is 1. The van der Waals surface area contributed by atoms with Gasteiger partial charge in [-0.1, -0.05) is 0 Å². The molecule has 1 amide bonds. The standard InChI is InChI=1S/C12H12N6O3/c1-7(14-11(19)20)10-15-8-3-2-6-17(8)12(21)18(10)9-4-5-13-16-9/h2-7,14H,1H3,(H,13,16)(H,19,20). The van der Waals surface area contributed by atoms with E-state index in [4.69, 9.17) is 5.11 Å². The number of aromatic nitrogens is 5. The monoisotopic (exact) mass is 288 g/mol. The summed E-state index contributed by atoms with van der Waals surface area (Å²) in [6, 6.07) is 4.30. The van der Waals surface area contributed by atoms with E-state index in [1.807, 2.05) is 0 Å². The Balaban J connectivity index is 2.28. The van der Waals surface area contributed by atoms with Gasteiger partial charge in [-0.25, -0.2) is 19.1 Å². The van der Waals surface area contributed by atoms with Crippen molar-refractivity contribution in [1.29, 1.82) is 0 Å². The summed E-state index contributed by atoms with van der Waals surface area (Å²) in [5.74, 6) is 0.609. The van der Waals surface area contributed by atoms with Gasteiger partial charge in [0.1, 0.15) is 11.5 Å². The Kier molecular flexibility index (Phi) is 2.94. The molecular weight excluding hydrogens is 276 g/mol. The van der Waals surface area contributed by atoms with Crippen molar-refractivity contribution in [2.24, 2.45) is 0 Å². The molecule has 9 heteroatoms. The molecule has 0 radical (unpaired) electrons. The van der Waals surface area contributed by atoms with Crippen LogP contribution in [0.15, 0.2) is 35.4 Å². The zero-order chi connectivity index (χ0) is 15.0. The minimum Gasteiger partial charge on any atom is -0.465 e. The third-order valence-corrected chi connectivity index (χ3v) is 3.03. The fourth-order valence-corrected chi connectivity index (χ4v) is 2.13. The van der Waals surface area contributed by atoms with E-state index in [-0.39, 0.29) is 11.5 Å². The van der Waals surface area contributed by atoms with Gasteiger partial charge < -0.3 is 10.4 Å². The molecule has 0 saturated heterocycles. The third-order valence-electron chi connectivity index (χ3n) is 3.03. The van der Waals surface area contributed by atoms with Gasteiger partial charge >= 0.3 is 11.8 Å². The van der Waals surface area contributed by atoms with E-state index >= 15 is 0 Å². The highest BCUT2D eigenvalue weighted by Crippen LogP contribution is 2.13. The summed E-state index contributed by atoms with van der Waals surface area (Å²) in [6.45, 7) is 1.61. The lowest BCUT2D eigenvalue weighted by Crippen LogP contribution is -2.35. The molecule has 0 spiro atoms. The van der Waals surface area contributed by atoms with Crippen LogP contribution >= 0.6 is 0 Å². The summed E-state index contributed by atoms with van der Waals surface area (Å²) in [5.41, 5.74) is 0.0759. The summed E-state index contributed by atoms with van der Waals surface area (Å²) >= 11 is 0. The van der Waals surface area contributed by atoms with Crippen molar-refractivity contribution < 1.29 is 9.90 Å². The Morgan fingerprint density at radius 2 is 2.29 bits per heavy atom. The molecule has 3 aromatic rings. The van der Waals surface area contributed by atoms with Gasteiger partial charge in [0.25, 0.3) is 0 Å². The van der Waals surface area contributed by atoms with E-state index in [0.29, 0.717) is 11.5 Å². The zero-order valence-corrected chi connectivity index (χ0v) is 11.0. The molecule has 9 nitrogen and oxygen atoms in total. The molecule has 1 atom stereocenters. The Labute approximate surface area is 117 Å². The first-order chi connectivity index (χ1) is 10.1. The minimum absolute atomic E-state index is 0.265. The molecule has 3 rings (SSSR count). The molecular formula is C12H12N6O3. The van der Waals surface area contributed by atoms with Gasteiger partial charge in [-0.05, 0) is 19.1 Å². The van der Waals surface area contributed by atoms with Crippen molar-refractivity contribution in [2.45, 2.75) is 13.0 Å². The number of nitrogens with zero attached hydrogens (tertiary/aromatic N) is 4. The highest BCUT2D eigenvalue weighted by Gasteiger charge is 2.20. The van der Waals surface area contributed by atoms with E-state index in [2.05, 4.69) is 20.5 Å². The number of nitrogens with one attached hydrogen (secondary N) is 2. The van der Waals surface area contributed by atoms with Crippen molar-refractivity contribution in [3.63, 3.8) is 0 Å². The lowest BCUT2D eigenvalue weighted by molar-refractivity contribution is 0.190. The second kappa shape index (κ2) is 4.78. The molecule has 108 valence electrons. The van der Waals surface area contributed by atoms with Crippen molar-refractivity contribution in [3.8, 4) is 5.82 Å². The normalized spacial score (nSPS) is 12.4. The number of hydrogen-bond acceptors (Lipinski definition) is 4. The van der Waals surface area contributed by atoms with Gasteiger partial charge in [-0.2, -0.15) is 5.10 Å². The largest absolute Gasteiger partial charge is 0.465 e. The Morgan fingerprint density at radius 1 is 1.48 bits per heavy atom. The number of hydrogen-bond donors (Lipinski definition) is 3. The van der Waals surface area contributed by atoms with Crippen LogP contribution in [0.4, 0.5) is 4.79 Å². The first-order valence-corrected chi connectivity index (χ1v) is 6.17. The van der Waals surface area contributed by atoms with Gasteiger partial charge in [0.15, 0.2) is 5.82 Å². The van der Waals surface area contributed by atoms with Crippen LogP contribution in [0.1, 0.15) is 18.8 Å². The SMILES string of the molecule is CC(NC(=O)O)c1nc2cccn2c(=O)n1-c1cc[nH]n1. The number of aromatic amines is 1. The summed E-state index contributed by atoms with van der Waals surface area (Å²) in [6.07, 6.45) is 1.97. The van der Waals surface area contributed by atoms with Crippen LogP contribution in [0.2, 0.25) is 0 Å². The summed E-state index contributed by atoms with van der Waals surface area (Å²) in [5, 5.41) is 17.7. The van der Waals surface area contributed by atoms with Crippen LogP contribution < -0.4 is 11.0 Å². The van der Waals surface area contributed by atoms with Gasteiger partial charge in [0.2, 0.25) is 0 Å². The van der Waals surface area contributed by atoms with Crippen LogP contribution in [0.3, 0.4) is 0 Å². The first kappa shape index (κ1) is 12.9. The molecule has 21 heavy (non-hydrogen) atoms. The highest BCUT2D eigenvalue weighted by molar-refractivity contribution is 5.65. The van der Waals surface area contributed by atoms with Gasteiger partial charge in [0.05, 0.1) is 6.04 Å². The molecule has 3 N–H and O–H groups in total. The average Bonchev–Trinajstić information content (AvgIpc) is 3.08. The van der Waals surface area contributed by atoms with Crippen LogP contribution in [0.5, 0.6) is 0 Å². The number of amides is 1. The number of rotatable bonds is 3. The molecule has 3 aromatic heterocycles. The van der Waals surface area contributed by atoms with Crippen molar-refractivity contribution in [2.75, 3.05) is 0 Å². The third kappa shape index (κ3) is 2.14. The Bertz CT molecular complexity index is 848. The Morgan fingerprint density at radius 3 is 2.95 bits per heavy atom. The van der Waals surface area contributed by atoms with Gasteiger partial charge in [-0.15, -0.1) is 0 Å². The van der Waals surface area contributed by atoms with Gasteiger partial charge in [-0.3, -0.25) is 9.50 Å². The number of fused-ring (bicyclic) bond motifs is 1. The molecule has 0 bridgehead atoms. The summed E-state index contributed by atoms with van der Waals surface area (Å²) in [4.78, 5) is 27.7. The maximum Gasteiger partial charge on any atom is 0.405 e. The van der Waals surface area contributed by atoms with E-state index in [0.717, 1.165) is 0 Å². The molecule has 0 fully saturated rings. The molecule has 0 aliphatic carbocycles. The number of carbonyl (C=O) groups is 1. The predicted octanol–water partition coefficient (Wildman–Crippen LogP) is 0.537. The first-order valence-electron chi connectivity index (χ1n) is 6.17. The van der Waals surface area contributed by atoms with Crippen LogP contribution in [-0.2, 0) is 0 Å². The van der Waals surface area contributed by atoms with E-state index < -0.39 is 12.1 Å². The van der Waals surface area contributed by atoms with E-state index in [9.17, 15) is 9.59 Å². The fourth-order valence-electron chi connectivity index (χ4n) is 2.13. The molecule has 0 saturated carbocycles. The Hall–Kier alpha value is -3.10.